The highest BCUT2D eigenvalue weighted by Gasteiger charge is 2.34. The molecule has 398 valence electrons. The number of nitrogens with one attached hydrogen (secondary N) is 4. The number of aliphatic imine (C=N–C) groups is 3. The molecule has 0 aromatic heterocycles. The molecule has 0 radical (unpaired) electrons. The molecule has 4 amide bonds. The van der Waals surface area contributed by atoms with Crippen molar-refractivity contribution in [2.45, 2.75) is 69.9 Å². The Morgan fingerprint density at radius 3 is 1.23 bits per heavy atom. The lowest BCUT2D eigenvalue weighted by molar-refractivity contribution is -0.145. The van der Waals surface area contributed by atoms with Crippen molar-refractivity contribution in [3.8, 4) is 0 Å². The third-order valence-corrected chi connectivity index (χ3v) is 12.1. The van der Waals surface area contributed by atoms with Crippen LogP contribution in [-0.2, 0) is 49.5 Å². The quantitative estimate of drug-likeness (QED) is 0.0535. The van der Waals surface area contributed by atoms with Gasteiger partial charge in [0, 0.05) is 153 Å². The predicted molar refractivity (Wildman–Crippen MR) is 273 cm³/mol. The Balaban J connectivity index is 1.31. The second kappa shape index (κ2) is 32.3. The van der Waals surface area contributed by atoms with E-state index in [9.17, 15) is 24.0 Å². The van der Waals surface area contributed by atoms with Gasteiger partial charge in [0.05, 0.1) is 39.6 Å². The number of rotatable bonds is 34. The van der Waals surface area contributed by atoms with Gasteiger partial charge in [-0.3, -0.25) is 38.9 Å². The number of carbonyl (C=O) groups excluding carboxylic acids is 5. The second-order valence-corrected chi connectivity index (χ2v) is 18.4. The molecule has 0 spiro atoms. The van der Waals surface area contributed by atoms with Crippen LogP contribution in [0.4, 0.5) is 0 Å². The van der Waals surface area contributed by atoms with Gasteiger partial charge in [-0.1, -0.05) is 30.3 Å². The summed E-state index contributed by atoms with van der Waals surface area (Å²) in [5.41, 5.74) is -0.424. The molecule has 3 aliphatic rings. The Hall–Kier alpha value is -5.74. The fraction of sp³-hybridized carbons (Fsp3) is 0.714. The normalized spacial score (nSPS) is 14.9. The number of ether oxygens (including phenoxy) is 4. The van der Waals surface area contributed by atoms with Crippen LogP contribution in [0.3, 0.4) is 0 Å². The van der Waals surface area contributed by atoms with E-state index < -0.39 is 11.5 Å². The van der Waals surface area contributed by atoms with Gasteiger partial charge in [0.2, 0.25) is 23.6 Å². The lowest BCUT2D eigenvalue weighted by Gasteiger charge is -2.34. The van der Waals surface area contributed by atoms with Gasteiger partial charge in [-0.2, -0.15) is 0 Å². The summed E-state index contributed by atoms with van der Waals surface area (Å²) in [7, 11) is 12.1. The molecule has 4 N–H and O–H groups in total. The number of amides is 4. The van der Waals surface area contributed by atoms with E-state index in [1.54, 1.807) is 0 Å². The number of hydrogen-bond donors (Lipinski definition) is 4. The maximum atomic E-state index is 13.7. The molecule has 22 nitrogen and oxygen atoms in total. The van der Waals surface area contributed by atoms with Gasteiger partial charge in [-0.25, -0.2) is 0 Å². The fourth-order valence-electron chi connectivity index (χ4n) is 7.91. The van der Waals surface area contributed by atoms with E-state index in [0.717, 1.165) is 62.7 Å². The minimum Gasteiger partial charge on any atom is -0.461 e. The molecule has 0 aliphatic carbocycles. The van der Waals surface area contributed by atoms with Crippen LogP contribution in [0, 0.1) is 0 Å². The lowest BCUT2D eigenvalue weighted by atomic mass is 10.0. The van der Waals surface area contributed by atoms with Gasteiger partial charge in [0.25, 0.3) is 0 Å². The minimum atomic E-state index is -1.28. The van der Waals surface area contributed by atoms with Crippen LogP contribution in [0.2, 0.25) is 0 Å². The monoisotopic (exact) mass is 998 g/mol. The van der Waals surface area contributed by atoms with Crippen LogP contribution in [0.1, 0.15) is 63.4 Å². The first-order valence-electron chi connectivity index (χ1n) is 25.2. The number of hydrogen-bond acceptors (Lipinski definition) is 12. The molecule has 1 aromatic carbocycles. The first-order chi connectivity index (χ1) is 34.2. The lowest BCUT2D eigenvalue weighted by Crippen LogP contribution is -2.58. The van der Waals surface area contributed by atoms with Gasteiger partial charge < -0.3 is 69.6 Å². The summed E-state index contributed by atoms with van der Waals surface area (Å²) in [5.74, 6) is 1.43. The third-order valence-electron chi connectivity index (χ3n) is 12.1. The Morgan fingerprint density at radius 2 is 0.859 bits per heavy atom. The van der Waals surface area contributed by atoms with E-state index in [0.29, 0.717) is 58.5 Å². The molecule has 0 saturated carbocycles. The van der Waals surface area contributed by atoms with Crippen LogP contribution in [0.25, 0.3) is 0 Å². The zero-order valence-corrected chi connectivity index (χ0v) is 43.4. The number of guanidine groups is 3. The van der Waals surface area contributed by atoms with Crippen molar-refractivity contribution in [2.24, 2.45) is 15.0 Å². The van der Waals surface area contributed by atoms with Crippen molar-refractivity contribution in [3.63, 3.8) is 0 Å². The molecule has 0 bridgehead atoms. The summed E-state index contributed by atoms with van der Waals surface area (Å²) in [6, 6.07) is 9.34. The second-order valence-electron chi connectivity index (χ2n) is 18.4. The van der Waals surface area contributed by atoms with Crippen molar-refractivity contribution in [2.75, 3.05) is 160 Å². The van der Waals surface area contributed by atoms with Crippen molar-refractivity contribution in [1.29, 1.82) is 0 Å². The molecule has 71 heavy (non-hydrogen) atoms. The average Bonchev–Trinajstić information content (AvgIpc) is 3.98. The Kier molecular flexibility index (Phi) is 26.3. The van der Waals surface area contributed by atoms with Gasteiger partial charge in [0.1, 0.15) is 12.1 Å². The molecular weight excluding hydrogens is 915 g/mol. The largest absolute Gasteiger partial charge is 0.461 e. The number of likely N-dealkylation sites (N-methyl/N-ethyl adjacent to an activating group) is 6. The van der Waals surface area contributed by atoms with Gasteiger partial charge in [0.15, 0.2) is 17.9 Å². The maximum absolute atomic E-state index is 13.7. The predicted octanol–water partition coefficient (Wildman–Crippen LogP) is 0.194. The van der Waals surface area contributed by atoms with E-state index in [-0.39, 0.29) is 108 Å². The molecule has 0 atom stereocenters. The van der Waals surface area contributed by atoms with Crippen LogP contribution in [0.5, 0.6) is 0 Å². The highest BCUT2D eigenvalue weighted by Crippen LogP contribution is 2.13. The SMILES string of the molecule is CN1CCN(C)C1=NCCCNC(=O)CCOCC(COCCC(=O)NCCCN=C1N(C)CCN1C)(COCCC(=O)NCCCN=C1N(C)CCN1C)NC(=O)CCCC(=O)OCc1ccccc1. The summed E-state index contributed by atoms with van der Waals surface area (Å²) >= 11 is 0. The molecule has 3 aliphatic heterocycles. The Bertz CT molecular complexity index is 1700. The van der Waals surface area contributed by atoms with E-state index in [1.807, 2.05) is 72.6 Å². The average molecular weight is 998 g/mol. The van der Waals surface area contributed by atoms with Crippen LogP contribution >= 0.6 is 0 Å². The van der Waals surface area contributed by atoms with Gasteiger partial charge in [-0.15, -0.1) is 0 Å². The standard InChI is InChI=1S/C49H83N13O9/c1-57-27-28-58(2)46(57)53-24-11-21-50-41(63)18-33-68-37-49(56-44(66)16-10-17-45(67)71-36-40-14-8-7-9-15-40,38-69-34-19-42(64)51-22-12-25-54-47-59(3)29-30-60(47)4)39-70-35-20-43(65)52-23-13-26-55-48-61(5)31-32-62(48)6/h7-9,14-15H,10-13,16-39H2,1-6H3,(H,50,63)(H,51,64)(H,52,65)(H,56,66). The highest BCUT2D eigenvalue weighted by atomic mass is 16.5. The van der Waals surface area contributed by atoms with Crippen molar-refractivity contribution < 1.29 is 42.9 Å². The fourth-order valence-corrected chi connectivity index (χ4v) is 7.91. The number of nitrogens with zero attached hydrogens (tertiary/aromatic N) is 9. The zero-order valence-electron chi connectivity index (χ0n) is 43.4. The van der Waals surface area contributed by atoms with Crippen molar-refractivity contribution in [1.82, 2.24) is 50.7 Å². The molecule has 3 saturated heterocycles. The van der Waals surface area contributed by atoms with E-state index >= 15 is 0 Å². The first kappa shape index (κ1) is 57.8. The topological polar surface area (TPSA) is 227 Å². The Morgan fingerprint density at radius 1 is 0.493 bits per heavy atom. The van der Waals surface area contributed by atoms with Crippen LogP contribution in [0.15, 0.2) is 45.3 Å². The summed E-state index contributed by atoms with van der Waals surface area (Å²) in [5, 5.41) is 11.8. The maximum Gasteiger partial charge on any atom is 0.306 e. The molecule has 1 aromatic rings. The summed E-state index contributed by atoms with van der Waals surface area (Å²) in [6.07, 6.45) is 2.48. The summed E-state index contributed by atoms with van der Waals surface area (Å²) < 4.78 is 23.6. The van der Waals surface area contributed by atoms with Crippen molar-refractivity contribution >= 4 is 47.5 Å². The third kappa shape index (κ3) is 22.5. The zero-order chi connectivity index (χ0) is 51.3. The summed E-state index contributed by atoms with van der Waals surface area (Å²) in [6.45, 7) is 8.61. The molecular formula is C49H83N13O9. The molecule has 22 heteroatoms. The first-order valence-corrected chi connectivity index (χ1v) is 25.2. The Labute approximate surface area is 421 Å². The molecule has 0 unspecified atom stereocenters. The smallest absolute Gasteiger partial charge is 0.306 e. The number of benzene rings is 1. The van der Waals surface area contributed by atoms with Crippen molar-refractivity contribution in [3.05, 3.63) is 35.9 Å². The van der Waals surface area contributed by atoms with Gasteiger partial charge >= 0.3 is 5.97 Å². The van der Waals surface area contributed by atoms with Crippen LogP contribution < -0.4 is 21.3 Å². The summed E-state index contributed by atoms with van der Waals surface area (Å²) in [4.78, 5) is 91.3. The number of carbonyl (C=O) groups is 5. The van der Waals surface area contributed by atoms with E-state index in [4.69, 9.17) is 18.9 Å². The minimum absolute atomic E-state index is 0.0102. The molecule has 4 rings (SSSR count). The number of esters is 1. The van der Waals surface area contributed by atoms with Gasteiger partial charge in [-0.05, 0) is 31.2 Å². The van der Waals surface area contributed by atoms with E-state index in [1.165, 1.54) is 0 Å². The van der Waals surface area contributed by atoms with Crippen LogP contribution in [-0.4, -0.2) is 243 Å². The molecule has 3 fully saturated rings. The highest BCUT2D eigenvalue weighted by molar-refractivity contribution is 5.83. The molecule has 3 heterocycles. The van der Waals surface area contributed by atoms with E-state index in [2.05, 4.69) is 65.6 Å².